The molecule has 1 fully saturated rings. The van der Waals surface area contributed by atoms with Crippen molar-refractivity contribution in [2.24, 2.45) is 5.92 Å². The summed E-state index contributed by atoms with van der Waals surface area (Å²) in [5.74, 6) is 0.440. The lowest BCUT2D eigenvalue weighted by Gasteiger charge is -2.15. The maximum absolute atomic E-state index is 12.1. The lowest BCUT2D eigenvalue weighted by Crippen LogP contribution is -2.38. The lowest BCUT2D eigenvalue weighted by atomic mass is 10.4. The van der Waals surface area contributed by atoms with E-state index in [2.05, 4.69) is 5.32 Å². The number of amides is 1. The smallest absolute Gasteiger partial charge is 0.252 e. The third-order valence-electron chi connectivity index (χ3n) is 3.36. The van der Waals surface area contributed by atoms with Gasteiger partial charge in [-0.1, -0.05) is 6.07 Å². The van der Waals surface area contributed by atoms with Crippen molar-refractivity contribution in [2.75, 3.05) is 33.4 Å². The van der Waals surface area contributed by atoms with E-state index in [1.165, 1.54) is 26.0 Å². The van der Waals surface area contributed by atoms with Gasteiger partial charge < -0.3 is 10.1 Å². The fourth-order valence-electron chi connectivity index (χ4n) is 1.84. The molecule has 1 amide bonds. The summed E-state index contributed by atoms with van der Waals surface area (Å²) in [6, 6.07) is 3.21. The predicted molar refractivity (Wildman–Crippen MR) is 85.3 cm³/mol. The van der Waals surface area contributed by atoms with Crippen LogP contribution in [0.4, 0.5) is 0 Å². The summed E-state index contributed by atoms with van der Waals surface area (Å²) in [5.41, 5.74) is 0. The van der Waals surface area contributed by atoms with Crippen LogP contribution in [0.15, 0.2) is 21.7 Å². The predicted octanol–water partition coefficient (Wildman–Crippen LogP) is 1.30. The average Bonchev–Trinajstić information content (AvgIpc) is 3.12. The third-order valence-corrected chi connectivity index (χ3v) is 6.54. The zero-order valence-electron chi connectivity index (χ0n) is 12.7. The highest BCUT2D eigenvalue weighted by molar-refractivity contribution is 7.91. The average molecular weight is 346 g/mol. The molecular formula is C14H22N2O4S2. The second-order valence-corrected chi connectivity index (χ2v) is 8.63. The number of carbonyl (C=O) groups is 1. The SMILES string of the molecule is CN(CC(=O)NCCCOCC1CC1)S(=O)(=O)c1cccs1. The molecule has 1 saturated carbocycles. The normalized spacial score (nSPS) is 15.2. The van der Waals surface area contributed by atoms with E-state index in [0.717, 1.165) is 34.6 Å². The highest BCUT2D eigenvalue weighted by Crippen LogP contribution is 2.28. The number of rotatable bonds is 10. The Morgan fingerprint density at radius 3 is 2.91 bits per heavy atom. The Morgan fingerprint density at radius 2 is 2.27 bits per heavy atom. The van der Waals surface area contributed by atoms with Crippen LogP contribution in [0.2, 0.25) is 0 Å². The van der Waals surface area contributed by atoms with Crippen molar-refractivity contribution in [1.29, 1.82) is 0 Å². The molecule has 1 aliphatic rings. The molecule has 0 atom stereocenters. The molecule has 0 unspecified atom stereocenters. The number of ether oxygens (including phenoxy) is 1. The molecule has 0 radical (unpaired) electrons. The van der Waals surface area contributed by atoms with E-state index in [-0.39, 0.29) is 16.7 Å². The molecule has 1 N–H and O–H groups in total. The van der Waals surface area contributed by atoms with Gasteiger partial charge in [-0.3, -0.25) is 4.79 Å². The molecule has 1 aliphatic carbocycles. The number of thiophene rings is 1. The summed E-state index contributed by atoms with van der Waals surface area (Å²) < 4.78 is 31.1. The van der Waals surface area contributed by atoms with Gasteiger partial charge in [0, 0.05) is 26.8 Å². The van der Waals surface area contributed by atoms with Gasteiger partial charge in [0.1, 0.15) is 4.21 Å². The Balaban J connectivity index is 1.63. The van der Waals surface area contributed by atoms with E-state index in [9.17, 15) is 13.2 Å². The zero-order valence-corrected chi connectivity index (χ0v) is 14.3. The van der Waals surface area contributed by atoms with Gasteiger partial charge in [-0.25, -0.2) is 8.42 Å². The van der Waals surface area contributed by atoms with Gasteiger partial charge in [0.05, 0.1) is 6.54 Å². The summed E-state index contributed by atoms with van der Waals surface area (Å²) in [5, 5.41) is 4.41. The van der Waals surface area contributed by atoms with Gasteiger partial charge in [-0.2, -0.15) is 4.31 Å². The van der Waals surface area contributed by atoms with E-state index in [0.29, 0.717) is 13.2 Å². The summed E-state index contributed by atoms with van der Waals surface area (Å²) in [4.78, 5) is 11.8. The quantitative estimate of drug-likeness (QED) is 0.648. The maximum Gasteiger partial charge on any atom is 0.252 e. The van der Waals surface area contributed by atoms with E-state index >= 15 is 0 Å². The van der Waals surface area contributed by atoms with Gasteiger partial charge >= 0.3 is 0 Å². The first-order valence-electron chi connectivity index (χ1n) is 7.34. The van der Waals surface area contributed by atoms with Crippen LogP contribution in [0.25, 0.3) is 0 Å². The van der Waals surface area contributed by atoms with Crippen LogP contribution in [-0.2, 0) is 19.6 Å². The van der Waals surface area contributed by atoms with Crippen molar-refractivity contribution in [2.45, 2.75) is 23.5 Å². The molecule has 1 aromatic rings. The molecule has 0 spiro atoms. The van der Waals surface area contributed by atoms with Gasteiger partial charge in [-0.15, -0.1) is 11.3 Å². The number of carbonyl (C=O) groups excluding carboxylic acids is 1. The molecular weight excluding hydrogens is 324 g/mol. The molecule has 0 aliphatic heterocycles. The molecule has 0 saturated heterocycles. The minimum atomic E-state index is -3.57. The Kier molecular flexibility index (Phi) is 6.37. The Morgan fingerprint density at radius 1 is 1.50 bits per heavy atom. The number of nitrogens with one attached hydrogen (secondary N) is 1. The standard InChI is InChI=1S/C14H22N2O4S2/c1-16(22(18,19)14-4-2-9-21-14)10-13(17)15-7-3-8-20-11-12-5-6-12/h2,4,9,12H,3,5-8,10-11H2,1H3,(H,15,17). The van der Waals surface area contributed by atoms with Crippen LogP contribution in [0.3, 0.4) is 0 Å². The molecule has 22 heavy (non-hydrogen) atoms. The number of hydrogen-bond acceptors (Lipinski definition) is 5. The summed E-state index contributed by atoms with van der Waals surface area (Å²) >= 11 is 1.14. The summed E-state index contributed by atoms with van der Waals surface area (Å²) in [6.07, 6.45) is 3.27. The third kappa shape index (κ3) is 5.35. The fraction of sp³-hybridized carbons (Fsp3) is 0.643. The Labute approximate surface area is 135 Å². The highest BCUT2D eigenvalue weighted by Gasteiger charge is 2.23. The van der Waals surface area contributed by atoms with Crippen molar-refractivity contribution in [3.8, 4) is 0 Å². The number of likely N-dealkylation sites (N-methyl/N-ethyl adjacent to an activating group) is 1. The molecule has 1 aromatic heterocycles. The van der Waals surface area contributed by atoms with Gasteiger partial charge in [0.25, 0.3) is 10.0 Å². The van der Waals surface area contributed by atoms with Crippen LogP contribution in [0.5, 0.6) is 0 Å². The maximum atomic E-state index is 12.1. The van der Waals surface area contributed by atoms with E-state index < -0.39 is 10.0 Å². The van der Waals surface area contributed by atoms with Crippen LogP contribution < -0.4 is 5.32 Å². The van der Waals surface area contributed by atoms with Gasteiger partial charge in [0.2, 0.25) is 5.91 Å². The van der Waals surface area contributed by atoms with Crippen molar-refractivity contribution < 1.29 is 17.9 Å². The number of hydrogen-bond donors (Lipinski definition) is 1. The minimum Gasteiger partial charge on any atom is -0.381 e. The summed E-state index contributed by atoms with van der Waals surface area (Å²) in [6.45, 7) is 1.76. The van der Waals surface area contributed by atoms with E-state index in [1.54, 1.807) is 11.4 Å². The van der Waals surface area contributed by atoms with Crippen LogP contribution in [-0.4, -0.2) is 52.0 Å². The zero-order chi connectivity index (χ0) is 16.0. The largest absolute Gasteiger partial charge is 0.381 e. The van der Waals surface area contributed by atoms with E-state index in [4.69, 9.17) is 4.74 Å². The molecule has 124 valence electrons. The van der Waals surface area contributed by atoms with E-state index in [1.807, 2.05) is 0 Å². The Hall–Kier alpha value is -0.960. The second kappa shape index (κ2) is 8.05. The van der Waals surface area contributed by atoms with Gasteiger partial charge in [0.15, 0.2) is 0 Å². The monoisotopic (exact) mass is 346 g/mol. The van der Waals surface area contributed by atoms with Crippen molar-refractivity contribution >= 4 is 27.3 Å². The summed E-state index contributed by atoms with van der Waals surface area (Å²) in [7, 11) is -2.16. The number of nitrogens with zero attached hydrogens (tertiary/aromatic N) is 1. The Bertz CT molecular complexity index is 568. The van der Waals surface area contributed by atoms with Crippen molar-refractivity contribution in [3.05, 3.63) is 17.5 Å². The van der Waals surface area contributed by atoms with Crippen LogP contribution >= 0.6 is 11.3 Å². The molecule has 6 nitrogen and oxygen atoms in total. The van der Waals surface area contributed by atoms with Crippen LogP contribution in [0.1, 0.15) is 19.3 Å². The first-order chi connectivity index (χ1) is 10.5. The van der Waals surface area contributed by atoms with Crippen molar-refractivity contribution in [3.63, 3.8) is 0 Å². The lowest BCUT2D eigenvalue weighted by molar-refractivity contribution is -0.121. The molecule has 8 heteroatoms. The fourth-order valence-corrected chi connectivity index (χ4v) is 4.17. The van der Waals surface area contributed by atoms with Crippen LogP contribution in [0, 0.1) is 5.92 Å². The second-order valence-electron chi connectivity index (χ2n) is 5.41. The van der Waals surface area contributed by atoms with Crippen molar-refractivity contribution in [1.82, 2.24) is 9.62 Å². The van der Waals surface area contributed by atoms with Gasteiger partial charge in [-0.05, 0) is 36.6 Å². The first-order valence-corrected chi connectivity index (χ1v) is 9.66. The first kappa shape index (κ1) is 17.4. The highest BCUT2D eigenvalue weighted by atomic mass is 32.2. The molecule has 0 aromatic carbocycles. The molecule has 0 bridgehead atoms. The molecule has 1 heterocycles. The topological polar surface area (TPSA) is 75.7 Å². The minimum absolute atomic E-state index is 0.177. The number of sulfonamides is 1. The molecule has 2 rings (SSSR count).